The van der Waals surface area contributed by atoms with Gasteiger partial charge in [-0.2, -0.15) is 0 Å². The zero-order chi connectivity index (χ0) is 18.7. The van der Waals surface area contributed by atoms with Crippen molar-refractivity contribution in [2.75, 3.05) is 7.05 Å². The molecule has 1 heterocycles. The van der Waals surface area contributed by atoms with Crippen molar-refractivity contribution in [3.63, 3.8) is 0 Å². The summed E-state index contributed by atoms with van der Waals surface area (Å²) in [5, 5.41) is 7.45. The van der Waals surface area contributed by atoms with Crippen molar-refractivity contribution < 1.29 is 9.63 Å². The van der Waals surface area contributed by atoms with E-state index in [2.05, 4.69) is 10.6 Å². The highest BCUT2D eigenvalue weighted by atomic mass is 35.5. The van der Waals surface area contributed by atoms with E-state index in [4.69, 9.17) is 40.3 Å². The molecule has 3 rings (SSSR count). The van der Waals surface area contributed by atoms with Crippen molar-refractivity contribution in [1.82, 2.24) is 10.4 Å². The standard InChI is InChI=1S/C17H13Cl2N3O2S2/c1-22-17(25)26-15(14(20-22)10-2-6-12(18)7-3-10)21-24-16(23)11-4-8-13(19)9-5-11/h2-9,14,20H,1H3/b21-15-/t14-/m0/s1. The number of thioether (sulfide) groups is 1. The number of halogens is 2. The van der Waals surface area contributed by atoms with Crippen molar-refractivity contribution in [3.8, 4) is 0 Å². The van der Waals surface area contributed by atoms with Crippen molar-refractivity contribution in [2.24, 2.45) is 5.16 Å². The lowest BCUT2D eigenvalue weighted by Gasteiger charge is -2.33. The van der Waals surface area contributed by atoms with Gasteiger partial charge in [0.15, 0.2) is 4.32 Å². The van der Waals surface area contributed by atoms with Gasteiger partial charge >= 0.3 is 5.97 Å². The molecule has 1 aliphatic rings. The lowest BCUT2D eigenvalue weighted by atomic mass is 10.1. The van der Waals surface area contributed by atoms with Crippen molar-refractivity contribution >= 4 is 62.5 Å². The van der Waals surface area contributed by atoms with E-state index in [9.17, 15) is 4.79 Å². The largest absolute Gasteiger partial charge is 0.365 e. The SMILES string of the molecule is CN1N[C@@H](c2ccc(Cl)cc2)/C(=N/OC(=O)c2ccc(Cl)cc2)SC1=S. The quantitative estimate of drug-likeness (QED) is 0.437. The van der Waals surface area contributed by atoms with Gasteiger partial charge in [-0.15, -0.1) is 0 Å². The van der Waals surface area contributed by atoms with Crippen LogP contribution < -0.4 is 5.43 Å². The molecule has 1 fully saturated rings. The Bertz CT molecular complexity index is 857. The summed E-state index contributed by atoms with van der Waals surface area (Å²) in [7, 11) is 1.81. The van der Waals surface area contributed by atoms with Crippen LogP contribution in [0.3, 0.4) is 0 Å². The molecule has 26 heavy (non-hydrogen) atoms. The second-order valence-electron chi connectivity index (χ2n) is 5.36. The molecule has 0 saturated carbocycles. The van der Waals surface area contributed by atoms with Crippen molar-refractivity contribution in [2.45, 2.75) is 6.04 Å². The van der Waals surface area contributed by atoms with Crippen molar-refractivity contribution in [3.05, 3.63) is 69.7 Å². The van der Waals surface area contributed by atoms with E-state index in [0.717, 1.165) is 5.56 Å². The molecule has 0 bridgehead atoms. The zero-order valence-corrected chi connectivity index (χ0v) is 16.6. The highest BCUT2D eigenvalue weighted by Gasteiger charge is 2.29. The summed E-state index contributed by atoms with van der Waals surface area (Å²) >= 11 is 18.3. The van der Waals surface area contributed by atoms with Crippen LogP contribution in [-0.2, 0) is 4.84 Å². The van der Waals surface area contributed by atoms with Gasteiger partial charge in [0.2, 0.25) is 0 Å². The summed E-state index contributed by atoms with van der Waals surface area (Å²) in [4.78, 5) is 17.3. The summed E-state index contributed by atoms with van der Waals surface area (Å²) in [6.07, 6.45) is 0. The number of hydrazine groups is 1. The minimum Gasteiger partial charge on any atom is -0.312 e. The van der Waals surface area contributed by atoms with Crippen LogP contribution in [0.2, 0.25) is 10.0 Å². The van der Waals surface area contributed by atoms with E-state index in [-0.39, 0.29) is 6.04 Å². The molecule has 1 saturated heterocycles. The second kappa shape index (κ2) is 8.37. The van der Waals surface area contributed by atoms with Crippen LogP contribution in [0, 0.1) is 0 Å². The highest BCUT2D eigenvalue weighted by molar-refractivity contribution is 8.33. The first-order valence-corrected chi connectivity index (χ1v) is 9.44. The van der Waals surface area contributed by atoms with Crippen LogP contribution in [0.1, 0.15) is 22.0 Å². The average Bonchev–Trinajstić information content (AvgIpc) is 2.63. The number of benzene rings is 2. The van der Waals surface area contributed by atoms with Gasteiger partial charge in [0.25, 0.3) is 0 Å². The first-order valence-electron chi connectivity index (χ1n) is 7.46. The Morgan fingerprint density at radius 2 is 1.73 bits per heavy atom. The first kappa shape index (κ1) is 19.1. The number of hydrogen-bond donors (Lipinski definition) is 1. The Morgan fingerprint density at radius 3 is 2.35 bits per heavy atom. The normalized spacial score (nSPS) is 18.9. The fraction of sp³-hybridized carbons (Fsp3) is 0.118. The monoisotopic (exact) mass is 425 g/mol. The van der Waals surface area contributed by atoms with Gasteiger partial charge in [-0.25, -0.2) is 10.2 Å². The van der Waals surface area contributed by atoms with Gasteiger partial charge in [-0.3, -0.25) is 5.01 Å². The molecule has 1 atom stereocenters. The molecule has 9 heteroatoms. The highest BCUT2D eigenvalue weighted by Crippen LogP contribution is 2.29. The van der Waals surface area contributed by atoms with Crippen LogP contribution in [-0.4, -0.2) is 27.4 Å². The second-order valence-corrected chi connectivity index (χ2v) is 7.88. The van der Waals surface area contributed by atoms with Gasteiger partial charge < -0.3 is 4.84 Å². The van der Waals surface area contributed by atoms with Crippen LogP contribution >= 0.6 is 47.2 Å². The van der Waals surface area contributed by atoms with Gasteiger partial charge in [0.1, 0.15) is 11.1 Å². The molecule has 0 radical (unpaired) electrons. The molecule has 0 aromatic heterocycles. The van der Waals surface area contributed by atoms with E-state index < -0.39 is 5.97 Å². The molecular weight excluding hydrogens is 413 g/mol. The number of nitrogens with zero attached hydrogens (tertiary/aromatic N) is 2. The Morgan fingerprint density at radius 1 is 1.15 bits per heavy atom. The molecule has 134 valence electrons. The number of thiocarbonyl (C=S) groups is 1. The van der Waals surface area contributed by atoms with Gasteiger partial charge in [0, 0.05) is 17.1 Å². The van der Waals surface area contributed by atoms with Crippen LogP contribution in [0.4, 0.5) is 0 Å². The predicted molar refractivity (Wildman–Crippen MR) is 110 cm³/mol. The molecule has 1 aliphatic heterocycles. The third-order valence-electron chi connectivity index (χ3n) is 3.54. The third kappa shape index (κ3) is 4.55. The molecule has 2 aromatic rings. The Hall–Kier alpha value is -1.64. The zero-order valence-electron chi connectivity index (χ0n) is 13.5. The van der Waals surface area contributed by atoms with Crippen LogP contribution in [0.5, 0.6) is 0 Å². The fourth-order valence-electron chi connectivity index (χ4n) is 2.19. The number of hydrogen-bond acceptors (Lipinski definition) is 6. The van der Waals surface area contributed by atoms with Gasteiger partial charge in [0.05, 0.1) is 5.56 Å². The summed E-state index contributed by atoms with van der Waals surface area (Å²) in [6, 6.07) is 13.4. The average molecular weight is 426 g/mol. The molecule has 5 nitrogen and oxygen atoms in total. The topological polar surface area (TPSA) is 53.9 Å². The number of carbonyl (C=O) groups excluding carboxylic acids is 1. The molecule has 0 spiro atoms. The third-order valence-corrected chi connectivity index (χ3v) is 5.53. The summed E-state index contributed by atoms with van der Waals surface area (Å²) in [5.41, 5.74) is 4.48. The number of nitrogens with one attached hydrogen (secondary N) is 1. The van der Waals surface area contributed by atoms with Crippen LogP contribution in [0.15, 0.2) is 53.7 Å². The Labute approximate surface area is 170 Å². The van der Waals surface area contributed by atoms with E-state index in [0.29, 0.717) is 25.0 Å². The lowest BCUT2D eigenvalue weighted by molar-refractivity contribution is 0.0515. The summed E-state index contributed by atoms with van der Waals surface area (Å²) < 4.78 is 0.566. The lowest BCUT2D eigenvalue weighted by Crippen LogP contribution is -2.47. The fourth-order valence-corrected chi connectivity index (χ4v) is 3.50. The molecule has 2 aromatic carbocycles. The van der Waals surface area contributed by atoms with Crippen molar-refractivity contribution in [1.29, 1.82) is 0 Å². The predicted octanol–water partition coefficient (Wildman–Crippen LogP) is 4.67. The summed E-state index contributed by atoms with van der Waals surface area (Å²) in [6.45, 7) is 0. The number of rotatable bonds is 3. The first-order chi connectivity index (χ1) is 12.4. The van der Waals surface area contributed by atoms with Gasteiger partial charge in [-0.1, -0.05) is 52.7 Å². The summed E-state index contributed by atoms with van der Waals surface area (Å²) in [5.74, 6) is -0.575. The number of oxime groups is 1. The van der Waals surface area contributed by atoms with E-state index in [1.54, 1.807) is 41.4 Å². The minimum atomic E-state index is -0.575. The van der Waals surface area contributed by atoms with Gasteiger partial charge in [-0.05, 0) is 53.7 Å². The smallest absolute Gasteiger partial charge is 0.312 e. The van der Waals surface area contributed by atoms with E-state index in [1.165, 1.54) is 11.8 Å². The van der Waals surface area contributed by atoms with E-state index in [1.807, 2.05) is 19.2 Å². The van der Waals surface area contributed by atoms with E-state index >= 15 is 0 Å². The molecule has 0 unspecified atom stereocenters. The maximum Gasteiger partial charge on any atom is 0.365 e. The number of carbonyl (C=O) groups is 1. The molecular formula is C17H13Cl2N3O2S2. The maximum atomic E-state index is 12.2. The molecule has 1 N–H and O–H groups in total. The minimum absolute atomic E-state index is 0.313. The van der Waals surface area contributed by atoms with Crippen LogP contribution in [0.25, 0.3) is 0 Å². The molecule has 0 aliphatic carbocycles. The Balaban J connectivity index is 1.82. The maximum absolute atomic E-state index is 12.2. The molecule has 0 amide bonds. The Kier molecular flexibility index (Phi) is 6.16.